The normalized spacial score (nSPS) is 10.9. The number of hydrogen-bond acceptors (Lipinski definition) is 5. The number of aryl methyl sites for hydroxylation is 1. The molecule has 4 rings (SSSR count). The highest BCUT2D eigenvalue weighted by atomic mass is 16.5. The van der Waals surface area contributed by atoms with Crippen LogP contribution in [0.1, 0.15) is 0 Å². The number of benzene rings is 2. The molecule has 2 aromatic carbocycles. The highest BCUT2D eigenvalue weighted by Gasteiger charge is 2.14. The van der Waals surface area contributed by atoms with Crippen LogP contribution >= 0.6 is 0 Å². The van der Waals surface area contributed by atoms with E-state index in [0.29, 0.717) is 17.3 Å². The molecule has 0 aliphatic heterocycles. The number of aromatic nitrogens is 4. The monoisotopic (exact) mass is 378 g/mol. The van der Waals surface area contributed by atoms with Crippen LogP contribution in [0, 0.1) is 0 Å². The zero-order valence-electron chi connectivity index (χ0n) is 15.4. The van der Waals surface area contributed by atoms with Gasteiger partial charge in [0.1, 0.15) is 5.82 Å². The molecule has 0 unspecified atom stereocenters. The smallest absolute Gasteiger partial charge is 0.341 e. The summed E-state index contributed by atoms with van der Waals surface area (Å²) in [6, 6.07) is 11.3. The minimum absolute atomic E-state index is 0.346. The van der Waals surface area contributed by atoms with Gasteiger partial charge in [-0.05, 0) is 36.4 Å². The lowest BCUT2D eigenvalue weighted by Gasteiger charge is -2.12. The fraction of sp³-hybridized carbons (Fsp3) is 0.150. The van der Waals surface area contributed by atoms with Gasteiger partial charge in [0.15, 0.2) is 18.1 Å². The van der Waals surface area contributed by atoms with Gasteiger partial charge in [-0.2, -0.15) is 0 Å². The van der Waals surface area contributed by atoms with Crippen molar-refractivity contribution in [2.24, 2.45) is 7.05 Å². The highest BCUT2D eigenvalue weighted by Crippen LogP contribution is 2.33. The van der Waals surface area contributed by atoms with Crippen LogP contribution in [0.4, 0.5) is 0 Å². The number of carboxylic acids is 1. The number of carbonyl (C=O) groups is 1. The summed E-state index contributed by atoms with van der Waals surface area (Å²) < 4.78 is 14.5. The average Bonchev–Trinajstić information content (AvgIpc) is 3.33. The zero-order chi connectivity index (χ0) is 19.7. The molecule has 0 fully saturated rings. The molecule has 0 bridgehead atoms. The molecule has 4 aromatic rings. The molecule has 8 nitrogen and oxygen atoms in total. The van der Waals surface area contributed by atoms with Crippen LogP contribution in [0.3, 0.4) is 0 Å². The summed E-state index contributed by atoms with van der Waals surface area (Å²) >= 11 is 0. The fourth-order valence-electron chi connectivity index (χ4n) is 3.06. The van der Waals surface area contributed by atoms with Gasteiger partial charge in [-0.15, -0.1) is 0 Å². The van der Waals surface area contributed by atoms with Gasteiger partial charge < -0.3 is 19.1 Å². The summed E-state index contributed by atoms with van der Waals surface area (Å²) in [4.78, 5) is 19.7. The highest BCUT2D eigenvalue weighted by molar-refractivity contribution is 5.78. The standard InChI is InChI=1S/C20H18N4O4/c1-23-12-22-15-5-4-14(10-16(15)23)24-8-7-21-20(24)13-3-6-17(27-2)18(9-13)28-11-19(25)26/h3-10,12H,11H2,1-2H3,(H,25,26). The van der Waals surface area contributed by atoms with Gasteiger partial charge in [-0.25, -0.2) is 14.8 Å². The van der Waals surface area contributed by atoms with Gasteiger partial charge in [0, 0.05) is 30.7 Å². The van der Waals surface area contributed by atoms with Gasteiger partial charge in [-0.1, -0.05) is 0 Å². The lowest BCUT2D eigenvalue weighted by atomic mass is 10.1. The Morgan fingerprint density at radius 3 is 2.79 bits per heavy atom. The van der Waals surface area contributed by atoms with Gasteiger partial charge in [0.05, 0.1) is 24.5 Å². The first-order valence-electron chi connectivity index (χ1n) is 8.54. The molecule has 1 N–H and O–H groups in total. The summed E-state index contributed by atoms with van der Waals surface area (Å²) in [5.41, 5.74) is 3.64. The van der Waals surface area contributed by atoms with Crippen molar-refractivity contribution < 1.29 is 19.4 Å². The Kier molecular flexibility index (Phi) is 4.44. The number of methoxy groups -OCH3 is 1. The van der Waals surface area contributed by atoms with Crippen LogP contribution in [-0.4, -0.2) is 43.9 Å². The lowest BCUT2D eigenvalue weighted by Crippen LogP contribution is -2.10. The number of rotatable bonds is 6. The average molecular weight is 378 g/mol. The zero-order valence-corrected chi connectivity index (χ0v) is 15.4. The van der Waals surface area contributed by atoms with Gasteiger partial charge in [0.2, 0.25) is 0 Å². The van der Waals surface area contributed by atoms with Crippen molar-refractivity contribution in [2.45, 2.75) is 0 Å². The molecule has 0 saturated heterocycles. The number of ether oxygens (including phenoxy) is 2. The second-order valence-corrected chi connectivity index (χ2v) is 6.20. The third kappa shape index (κ3) is 3.16. The molecule has 0 spiro atoms. The molecule has 8 heteroatoms. The Morgan fingerprint density at radius 2 is 2.00 bits per heavy atom. The van der Waals surface area contributed by atoms with E-state index in [2.05, 4.69) is 9.97 Å². The summed E-state index contributed by atoms with van der Waals surface area (Å²) in [7, 11) is 3.45. The van der Waals surface area contributed by atoms with Crippen molar-refractivity contribution in [3.8, 4) is 28.6 Å². The van der Waals surface area contributed by atoms with E-state index >= 15 is 0 Å². The maximum atomic E-state index is 10.8. The van der Waals surface area contributed by atoms with E-state index in [1.165, 1.54) is 7.11 Å². The fourth-order valence-corrected chi connectivity index (χ4v) is 3.06. The van der Waals surface area contributed by atoms with Crippen LogP contribution in [0.5, 0.6) is 11.5 Å². The van der Waals surface area contributed by atoms with E-state index in [-0.39, 0.29) is 0 Å². The Morgan fingerprint density at radius 1 is 1.14 bits per heavy atom. The predicted octanol–water partition coefficient (Wildman–Crippen LogP) is 2.90. The summed E-state index contributed by atoms with van der Waals surface area (Å²) in [5, 5.41) is 8.89. The Bertz CT molecular complexity index is 1160. The SMILES string of the molecule is COc1ccc(-c2nccn2-c2ccc3ncn(C)c3c2)cc1OCC(=O)O. The number of nitrogens with zero attached hydrogens (tertiary/aromatic N) is 4. The van der Waals surface area contributed by atoms with Gasteiger partial charge >= 0.3 is 5.97 Å². The van der Waals surface area contributed by atoms with E-state index in [4.69, 9.17) is 14.6 Å². The van der Waals surface area contributed by atoms with Crippen molar-refractivity contribution in [3.05, 3.63) is 55.1 Å². The second kappa shape index (κ2) is 7.07. The van der Waals surface area contributed by atoms with Crippen molar-refractivity contribution in [1.29, 1.82) is 0 Å². The van der Waals surface area contributed by atoms with Crippen LogP contribution < -0.4 is 9.47 Å². The summed E-state index contributed by atoms with van der Waals surface area (Å²) in [6.45, 7) is -0.453. The minimum Gasteiger partial charge on any atom is -0.493 e. The van der Waals surface area contributed by atoms with E-state index in [1.54, 1.807) is 24.7 Å². The largest absolute Gasteiger partial charge is 0.493 e. The molecule has 0 saturated carbocycles. The third-order valence-electron chi connectivity index (χ3n) is 4.40. The molecule has 0 amide bonds. The van der Waals surface area contributed by atoms with Crippen molar-refractivity contribution in [3.63, 3.8) is 0 Å². The number of fused-ring (bicyclic) bond motifs is 1. The molecule has 0 atom stereocenters. The summed E-state index contributed by atoms with van der Waals surface area (Å²) in [6.07, 6.45) is 5.36. The van der Waals surface area contributed by atoms with Gasteiger partial charge in [0.25, 0.3) is 0 Å². The van der Waals surface area contributed by atoms with E-state index in [0.717, 1.165) is 22.3 Å². The maximum absolute atomic E-state index is 10.8. The molecule has 0 aliphatic carbocycles. The number of aliphatic carboxylic acids is 1. The topological polar surface area (TPSA) is 91.4 Å². The summed E-state index contributed by atoms with van der Waals surface area (Å²) in [5.74, 6) is 0.446. The first-order valence-corrected chi connectivity index (χ1v) is 8.54. The Labute approximate surface area is 160 Å². The van der Waals surface area contributed by atoms with E-state index in [9.17, 15) is 4.79 Å². The number of imidazole rings is 2. The Balaban J connectivity index is 1.76. The third-order valence-corrected chi connectivity index (χ3v) is 4.40. The van der Waals surface area contributed by atoms with Crippen LogP contribution in [0.25, 0.3) is 28.1 Å². The first kappa shape index (κ1) is 17.6. The predicted molar refractivity (Wildman–Crippen MR) is 103 cm³/mol. The molecule has 0 aliphatic rings. The molecule has 2 heterocycles. The number of carboxylic acid groups (broad SMARTS) is 1. The van der Waals surface area contributed by atoms with Crippen LogP contribution in [0.2, 0.25) is 0 Å². The molecule has 142 valence electrons. The number of hydrogen-bond donors (Lipinski definition) is 1. The van der Waals surface area contributed by atoms with Crippen molar-refractivity contribution in [2.75, 3.05) is 13.7 Å². The van der Waals surface area contributed by atoms with E-state index < -0.39 is 12.6 Å². The van der Waals surface area contributed by atoms with Crippen LogP contribution in [-0.2, 0) is 11.8 Å². The molecule has 0 radical (unpaired) electrons. The first-order chi connectivity index (χ1) is 13.6. The van der Waals surface area contributed by atoms with E-state index in [1.807, 2.05) is 46.6 Å². The maximum Gasteiger partial charge on any atom is 0.341 e. The lowest BCUT2D eigenvalue weighted by molar-refractivity contribution is -0.139. The second-order valence-electron chi connectivity index (χ2n) is 6.20. The molecular formula is C20H18N4O4. The van der Waals surface area contributed by atoms with Crippen molar-refractivity contribution >= 4 is 17.0 Å². The van der Waals surface area contributed by atoms with Crippen LogP contribution in [0.15, 0.2) is 55.1 Å². The molecule has 28 heavy (non-hydrogen) atoms. The molecule has 2 aromatic heterocycles. The minimum atomic E-state index is -1.06. The molecular weight excluding hydrogens is 360 g/mol. The van der Waals surface area contributed by atoms with Crippen molar-refractivity contribution in [1.82, 2.24) is 19.1 Å². The Hall–Kier alpha value is -3.81. The van der Waals surface area contributed by atoms with Gasteiger partial charge in [-0.3, -0.25) is 4.57 Å². The quantitative estimate of drug-likeness (QED) is 0.555.